The summed E-state index contributed by atoms with van der Waals surface area (Å²) < 4.78 is 27.2. The average molecular weight is 610 g/mol. The molecule has 6 atom stereocenters. The number of nitrogens with zero attached hydrogens (tertiary/aromatic N) is 1. The first-order valence-corrected chi connectivity index (χ1v) is 17.7. The fourth-order valence-corrected chi connectivity index (χ4v) is 8.87. The quantitative estimate of drug-likeness (QED) is 0.325. The van der Waals surface area contributed by atoms with Crippen molar-refractivity contribution in [1.29, 1.82) is 0 Å². The van der Waals surface area contributed by atoms with E-state index in [9.17, 15) is 23.1 Å². The SMILES string of the molecule is CCCc1cc(C(=O)N[C@@H](Cc2ccccc2)[C@@H](O)C[C@@H](C)C(=O)NC2CC3CCC2C3)cc(N2CCCCS2(=O)=O)c1. The van der Waals surface area contributed by atoms with Crippen molar-refractivity contribution in [2.75, 3.05) is 16.6 Å². The van der Waals surface area contributed by atoms with Crippen molar-refractivity contribution >= 4 is 27.5 Å². The zero-order valence-corrected chi connectivity index (χ0v) is 26.3. The molecule has 2 bridgehead atoms. The lowest BCUT2D eigenvalue weighted by Gasteiger charge is -2.30. The summed E-state index contributed by atoms with van der Waals surface area (Å²) in [6.07, 6.45) is 7.36. The number of aliphatic hydroxyl groups excluding tert-OH is 1. The van der Waals surface area contributed by atoms with E-state index in [4.69, 9.17) is 0 Å². The van der Waals surface area contributed by atoms with Crippen molar-refractivity contribution in [2.24, 2.45) is 17.8 Å². The molecule has 2 saturated carbocycles. The van der Waals surface area contributed by atoms with Crippen molar-refractivity contribution in [2.45, 2.75) is 96.2 Å². The maximum absolute atomic E-state index is 13.8. The molecule has 0 radical (unpaired) electrons. The maximum Gasteiger partial charge on any atom is 0.251 e. The summed E-state index contributed by atoms with van der Waals surface area (Å²) >= 11 is 0. The minimum atomic E-state index is -3.44. The lowest BCUT2D eigenvalue weighted by Crippen LogP contribution is -2.47. The maximum atomic E-state index is 13.8. The van der Waals surface area contributed by atoms with Crippen molar-refractivity contribution in [3.05, 3.63) is 65.2 Å². The van der Waals surface area contributed by atoms with Gasteiger partial charge in [0, 0.05) is 24.1 Å². The number of carbonyl (C=O) groups excluding carboxylic acids is 2. The molecule has 0 spiro atoms. The van der Waals surface area contributed by atoms with Gasteiger partial charge in [-0.25, -0.2) is 8.42 Å². The summed E-state index contributed by atoms with van der Waals surface area (Å²) in [5.74, 6) is 0.588. The first-order valence-electron chi connectivity index (χ1n) is 16.1. The summed E-state index contributed by atoms with van der Waals surface area (Å²) in [6.45, 7) is 4.29. The molecule has 2 amide bonds. The van der Waals surface area contributed by atoms with Gasteiger partial charge in [0.15, 0.2) is 0 Å². The molecule has 2 aromatic rings. The van der Waals surface area contributed by atoms with Crippen LogP contribution >= 0.6 is 0 Å². The van der Waals surface area contributed by atoms with Gasteiger partial charge < -0.3 is 15.7 Å². The highest BCUT2D eigenvalue weighted by molar-refractivity contribution is 7.92. The van der Waals surface area contributed by atoms with Crippen LogP contribution in [0.5, 0.6) is 0 Å². The molecule has 1 aliphatic heterocycles. The minimum Gasteiger partial charge on any atom is -0.391 e. The normalized spacial score (nSPS) is 24.7. The van der Waals surface area contributed by atoms with Gasteiger partial charge in [0.2, 0.25) is 15.9 Å². The lowest BCUT2D eigenvalue weighted by molar-refractivity contribution is -0.126. The van der Waals surface area contributed by atoms with E-state index in [0.717, 1.165) is 36.3 Å². The highest BCUT2D eigenvalue weighted by Gasteiger charge is 2.40. The first-order chi connectivity index (χ1) is 20.6. The molecule has 9 heteroatoms. The van der Waals surface area contributed by atoms with Gasteiger partial charge in [0.05, 0.1) is 23.6 Å². The first kappa shape index (κ1) is 31.5. The zero-order valence-electron chi connectivity index (χ0n) is 25.5. The van der Waals surface area contributed by atoms with E-state index in [2.05, 4.69) is 10.6 Å². The van der Waals surface area contributed by atoms with Gasteiger partial charge in [-0.3, -0.25) is 13.9 Å². The molecule has 2 aliphatic carbocycles. The number of nitrogens with one attached hydrogen (secondary N) is 2. The van der Waals surface area contributed by atoms with Gasteiger partial charge in [0.25, 0.3) is 5.91 Å². The number of hydrogen-bond donors (Lipinski definition) is 3. The molecule has 3 aliphatic rings. The number of benzene rings is 2. The van der Waals surface area contributed by atoms with Crippen molar-refractivity contribution < 1.29 is 23.1 Å². The Morgan fingerprint density at radius 2 is 1.84 bits per heavy atom. The van der Waals surface area contributed by atoms with Gasteiger partial charge in [-0.15, -0.1) is 0 Å². The molecule has 43 heavy (non-hydrogen) atoms. The largest absolute Gasteiger partial charge is 0.391 e. The fourth-order valence-electron chi connectivity index (χ4n) is 7.24. The minimum absolute atomic E-state index is 0.0407. The summed E-state index contributed by atoms with van der Waals surface area (Å²) in [5.41, 5.74) is 2.75. The van der Waals surface area contributed by atoms with Crippen molar-refractivity contribution in [3.63, 3.8) is 0 Å². The summed E-state index contributed by atoms with van der Waals surface area (Å²) in [7, 11) is -3.44. The third-order valence-electron chi connectivity index (χ3n) is 9.60. The lowest BCUT2D eigenvalue weighted by atomic mass is 9.91. The van der Waals surface area contributed by atoms with Gasteiger partial charge in [-0.2, -0.15) is 0 Å². The van der Waals surface area contributed by atoms with Gasteiger partial charge >= 0.3 is 0 Å². The van der Waals surface area contributed by atoms with E-state index in [-0.39, 0.29) is 30.0 Å². The number of rotatable bonds is 12. The highest BCUT2D eigenvalue weighted by atomic mass is 32.2. The second kappa shape index (κ2) is 13.8. The third kappa shape index (κ3) is 7.79. The van der Waals surface area contributed by atoms with Crippen LogP contribution in [0.15, 0.2) is 48.5 Å². The standard InChI is InChI=1S/C34H47N3O5S/c1-3-9-25-18-28(22-29(19-25)37-14-7-8-15-43(37,41)42)34(40)36-31(20-24-10-5-4-6-11-24)32(38)16-23(2)33(39)35-30-21-26-12-13-27(30)17-26/h4-6,10-11,18-19,22-23,26-27,30-32,38H,3,7-9,12-17,20-21H2,1-2H3,(H,35,39)(H,36,40)/t23-,26?,27?,30?,31+,32+/m1/s1. The Hall–Kier alpha value is -2.91. The van der Waals surface area contributed by atoms with Crippen LogP contribution in [0, 0.1) is 17.8 Å². The predicted octanol–water partition coefficient (Wildman–Crippen LogP) is 4.60. The van der Waals surface area contributed by atoms with E-state index >= 15 is 0 Å². The van der Waals surface area contributed by atoms with Crippen LogP contribution < -0.4 is 14.9 Å². The zero-order chi connectivity index (χ0) is 30.6. The smallest absolute Gasteiger partial charge is 0.251 e. The Labute approximate surface area is 256 Å². The molecule has 0 aromatic heterocycles. The van der Waals surface area contributed by atoms with Crippen molar-refractivity contribution in [1.82, 2.24) is 10.6 Å². The van der Waals surface area contributed by atoms with Crippen LogP contribution in [0.1, 0.15) is 86.7 Å². The van der Waals surface area contributed by atoms with E-state index in [1.54, 1.807) is 6.07 Å². The third-order valence-corrected chi connectivity index (χ3v) is 11.5. The Kier molecular flexibility index (Phi) is 10.1. The molecule has 3 N–H and O–H groups in total. The summed E-state index contributed by atoms with van der Waals surface area (Å²) in [4.78, 5) is 26.9. The summed E-state index contributed by atoms with van der Waals surface area (Å²) in [5, 5.41) is 17.7. The number of carbonyl (C=O) groups is 2. The van der Waals surface area contributed by atoms with Crippen molar-refractivity contribution in [3.8, 4) is 0 Å². The second-order valence-corrected chi connectivity index (χ2v) is 15.0. The number of amides is 2. The van der Waals surface area contributed by atoms with Crippen LogP contribution in [0.3, 0.4) is 0 Å². The Balaban J connectivity index is 1.32. The summed E-state index contributed by atoms with van der Waals surface area (Å²) in [6, 6.07) is 14.6. The Morgan fingerprint density at radius 3 is 2.51 bits per heavy atom. The van der Waals surface area contributed by atoms with Crippen LogP contribution in [0.2, 0.25) is 0 Å². The molecule has 1 saturated heterocycles. The van der Waals surface area contributed by atoms with Crippen LogP contribution in [0.25, 0.3) is 0 Å². The molecular formula is C34H47N3O5S. The molecule has 234 valence electrons. The second-order valence-electron chi connectivity index (χ2n) is 13.0. The highest BCUT2D eigenvalue weighted by Crippen LogP contribution is 2.44. The number of aryl methyl sites for hydroxylation is 1. The van der Waals surface area contributed by atoms with E-state index in [0.29, 0.717) is 43.0 Å². The molecular weight excluding hydrogens is 562 g/mol. The number of fused-ring (bicyclic) bond motifs is 2. The van der Waals surface area contributed by atoms with Gasteiger partial charge in [0.1, 0.15) is 0 Å². The number of sulfonamides is 1. The molecule has 8 nitrogen and oxygen atoms in total. The average Bonchev–Trinajstić information content (AvgIpc) is 3.60. The topological polar surface area (TPSA) is 116 Å². The van der Waals surface area contributed by atoms with Crippen LogP contribution in [0.4, 0.5) is 5.69 Å². The van der Waals surface area contributed by atoms with Gasteiger partial charge in [-0.05, 0) is 92.5 Å². The molecule has 3 unspecified atom stereocenters. The Bertz CT molecular complexity index is 1380. The van der Waals surface area contributed by atoms with Crippen LogP contribution in [-0.2, 0) is 27.7 Å². The molecule has 3 fully saturated rings. The molecule has 2 aromatic carbocycles. The number of anilines is 1. The van der Waals surface area contributed by atoms with E-state index in [1.807, 2.05) is 56.3 Å². The predicted molar refractivity (Wildman–Crippen MR) is 169 cm³/mol. The van der Waals surface area contributed by atoms with E-state index in [1.165, 1.54) is 23.6 Å². The number of aliphatic hydroxyl groups is 1. The Morgan fingerprint density at radius 1 is 1.05 bits per heavy atom. The van der Waals surface area contributed by atoms with Crippen LogP contribution in [-0.4, -0.2) is 55.8 Å². The van der Waals surface area contributed by atoms with Gasteiger partial charge in [-0.1, -0.05) is 57.0 Å². The molecule has 5 rings (SSSR count). The van der Waals surface area contributed by atoms with E-state index < -0.39 is 28.1 Å². The number of hydrogen-bond acceptors (Lipinski definition) is 5. The fraction of sp³-hybridized carbons (Fsp3) is 0.588. The molecule has 1 heterocycles. The monoisotopic (exact) mass is 609 g/mol.